The average molecular weight is 283 g/mol. The smallest absolute Gasteiger partial charge is 0.124 e. The fourth-order valence-electron chi connectivity index (χ4n) is 2.34. The highest BCUT2D eigenvalue weighted by atomic mass is 32.1. The number of thiazole rings is 1. The first-order valence-corrected chi connectivity index (χ1v) is 7.51. The molecular formula is C16H17N3S. The minimum Gasteiger partial charge on any atom is -0.312 e. The summed E-state index contributed by atoms with van der Waals surface area (Å²) in [5.74, 6) is 0. The molecule has 3 nitrogen and oxygen atoms in total. The molecule has 1 atom stereocenters. The molecule has 0 aliphatic carbocycles. The van der Waals surface area contributed by atoms with Crippen molar-refractivity contribution in [3.05, 3.63) is 47.1 Å². The zero-order valence-corrected chi connectivity index (χ0v) is 12.7. The number of hydrogen-bond acceptors (Lipinski definition) is 4. The standard InChI is InChI=1S/C16H17N3S/c1-10(17-3)15-11(2)19-16(20-15)13-8-9-18-14-7-5-4-6-12(13)14/h4-10,17H,1-3H3. The van der Waals surface area contributed by atoms with Crippen molar-refractivity contribution in [2.45, 2.75) is 19.9 Å². The first-order valence-electron chi connectivity index (χ1n) is 6.69. The third kappa shape index (κ3) is 2.21. The van der Waals surface area contributed by atoms with E-state index in [4.69, 9.17) is 4.98 Å². The fourth-order valence-corrected chi connectivity index (χ4v) is 3.51. The zero-order chi connectivity index (χ0) is 14.1. The maximum atomic E-state index is 4.75. The summed E-state index contributed by atoms with van der Waals surface area (Å²) in [4.78, 5) is 10.5. The highest BCUT2D eigenvalue weighted by Gasteiger charge is 2.15. The van der Waals surface area contributed by atoms with E-state index in [1.54, 1.807) is 11.3 Å². The number of aryl methyl sites for hydroxylation is 1. The van der Waals surface area contributed by atoms with E-state index >= 15 is 0 Å². The molecule has 0 fully saturated rings. The summed E-state index contributed by atoms with van der Waals surface area (Å²) >= 11 is 1.76. The monoisotopic (exact) mass is 283 g/mol. The molecule has 3 aromatic rings. The van der Waals surface area contributed by atoms with Crippen LogP contribution in [0, 0.1) is 6.92 Å². The number of rotatable bonds is 3. The number of benzene rings is 1. The Balaban J connectivity index is 2.17. The summed E-state index contributed by atoms with van der Waals surface area (Å²) in [5.41, 5.74) is 3.28. The van der Waals surface area contributed by atoms with Gasteiger partial charge in [0, 0.05) is 28.1 Å². The molecule has 102 valence electrons. The van der Waals surface area contributed by atoms with E-state index in [0.29, 0.717) is 6.04 Å². The summed E-state index contributed by atoms with van der Waals surface area (Å²) in [6.45, 7) is 4.24. The number of nitrogens with one attached hydrogen (secondary N) is 1. The van der Waals surface area contributed by atoms with Crippen LogP contribution in [-0.4, -0.2) is 17.0 Å². The fraction of sp³-hybridized carbons (Fsp3) is 0.250. The van der Waals surface area contributed by atoms with Crippen LogP contribution in [0.1, 0.15) is 23.5 Å². The number of aromatic nitrogens is 2. The van der Waals surface area contributed by atoms with E-state index in [-0.39, 0.29) is 0 Å². The second kappa shape index (κ2) is 5.31. The van der Waals surface area contributed by atoms with Crippen molar-refractivity contribution >= 4 is 22.2 Å². The minimum absolute atomic E-state index is 0.328. The lowest BCUT2D eigenvalue weighted by molar-refractivity contribution is 0.658. The molecule has 1 aromatic carbocycles. The quantitative estimate of drug-likeness (QED) is 0.791. The molecule has 0 spiro atoms. The molecule has 0 aliphatic heterocycles. The summed E-state index contributed by atoms with van der Waals surface area (Å²) in [6.07, 6.45) is 1.86. The van der Waals surface area contributed by atoms with Gasteiger partial charge < -0.3 is 5.32 Å². The van der Waals surface area contributed by atoms with Crippen molar-refractivity contribution in [3.63, 3.8) is 0 Å². The largest absolute Gasteiger partial charge is 0.312 e. The van der Waals surface area contributed by atoms with Crippen LogP contribution < -0.4 is 5.32 Å². The highest BCUT2D eigenvalue weighted by molar-refractivity contribution is 7.15. The predicted molar refractivity (Wildman–Crippen MR) is 85.1 cm³/mol. The maximum absolute atomic E-state index is 4.75. The number of nitrogens with zero attached hydrogens (tertiary/aromatic N) is 2. The van der Waals surface area contributed by atoms with Gasteiger partial charge in [-0.2, -0.15) is 0 Å². The topological polar surface area (TPSA) is 37.8 Å². The van der Waals surface area contributed by atoms with E-state index in [1.165, 1.54) is 10.4 Å². The normalized spacial score (nSPS) is 12.8. The van der Waals surface area contributed by atoms with Crippen LogP contribution in [0.25, 0.3) is 21.5 Å². The van der Waals surface area contributed by atoms with Crippen molar-refractivity contribution < 1.29 is 0 Å². The van der Waals surface area contributed by atoms with Gasteiger partial charge in [-0.25, -0.2) is 4.98 Å². The van der Waals surface area contributed by atoms with Gasteiger partial charge in [0.15, 0.2) is 0 Å². The van der Waals surface area contributed by atoms with Crippen LogP contribution in [0.3, 0.4) is 0 Å². The van der Waals surface area contributed by atoms with Crippen LogP contribution in [0.4, 0.5) is 0 Å². The van der Waals surface area contributed by atoms with Crippen LogP contribution in [-0.2, 0) is 0 Å². The molecule has 0 amide bonds. The van der Waals surface area contributed by atoms with Crippen molar-refractivity contribution in [2.24, 2.45) is 0 Å². The molecule has 1 unspecified atom stereocenters. The lowest BCUT2D eigenvalue weighted by Crippen LogP contribution is -2.11. The van der Waals surface area contributed by atoms with Gasteiger partial charge in [-0.15, -0.1) is 11.3 Å². The Morgan fingerprint density at radius 1 is 1.20 bits per heavy atom. The van der Waals surface area contributed by atoms with E-state index in [0.717, 1.165) is 21.6 Å². The van der Waals surface area contributed by atoms with Crippen LogP contribution in [0.5, 0.6) is 0 Å². The Labute approximate surface area is 122 Å². The molecule has 0 saturated carbocycles. The molecule has 0 aliphatic rings. The van der Waals surface area contributed by atoms with Crippen LogP contribution in [0.2, 0.25) is 0 Å². The molecule has 20 heavy (non-hydrogen) atoms. The van der Waals surface area contributed by atoms with Gasteiger partial charge in [-0.1, -0.05) is 18.2 Å². The molecular weight excluding hydrogens is 266 g/mol. The van der Waals surface area contributed by atoms with E-state index in [1.807, 2.05) is 31.4 Å². The van der Waals surface area contributed by atoms with E-state index < -0.39 is 0 Å². The molecule has 0 saturated heterocycles. The maximum Gasteiger partial charge on any atom is 0.124 e. The predicted octanol–water partition coefficient (Wildman–Crippen LogP) is 3.95. The van der Waals surface area contributed by atoms with Crippen molar-refractivity contribution in [2.75, 3.05) is 7.05 Å². The Morgan fingerprint density at radius 3 is 2.80 bits per heavy atom. The van der Waals surface area contributed by atoms with E-state index in [2.05, 4.69) is 36.3 Å². The second-order valence-corrected chi connectivity index (χ2v) is 5.89. The Kier molecular flexibility index (Phi) is 3.51. The van der Waals surface area contributed by atoms with Crippen LogP contribution >= 0.6 is 11.3 Å². The number of fused-ring (bicyclic) bond motifs is 1. The number of para-hydroxylation sites is 1. The van der Waals surface area contributed by atoms with Gasteiger partial charge in [-0.3, -0.25) is 4.98 Å². The van der Waals surface area contributed by atoms with Crippen molar-refractivity contribution in [1.82, 2.24) is 15.3 Å². The molecule has 3 rings (SSSR count). The Hall–Kier alpha value is -1.78. The molecule has 0 radical (unpaired) electrons. The molecule has 0 bridgehead atoms. The van der Waals surface area contributed by atoms with Crippen molar-refractivity contribution in [3.8, 4) is 10.6 Å². The third-order valence-electron chi connectivity index (χ3n) is 3.54. The summed E-state index contributed by atoms with van der Waals surface area (Å²) in [6, 6.07) is 10.6. The minimum atomic E-state index is 0.328. The SMILES string of the molecule is CNC(C)c1sc(-c2ccnc3ccccc23)nc1C. The van der Waals surface area contributed by atoms with Gasteiger partial charge in [-0.05, 0) is 33.0 Å². The number of hydrogen-bond donors (Lipinski definition) is 1. The zero-order valence-electron chi connectivity index (χ0n) is 11.8. The summed E-state index contributed by atoms with van der Waals surface area (Å²) in [7, 11) is 1.98. The molecule has 4 heteroatoms. The Bertz CT molecular complexity index is 743. The summed E-state index contributed by atoms with van der Waals surface area (Å²) in [5, 5.41) is 5.51. The second-order valence-electron chi connectivity index (χ2n) is 4.85. The molecule has 2 heterocycles. The first kappa shape index (κ1) is 13.2. The molecule has 2 aromatic heterocycles. The van der Waals surface area contributed by atoms with Gasteiger partial charge in [0.1, 0.15) is 5.01 Å². The van der Waals surface area contributed by atoms with Gasteiger partial charge in [0.05, 0.1) is 11.2 Å². The van der Waals surface area contributed by atoms with Gasteiger partial charge >= 0.3 is 0 Å². The highest BCUT2D eigenvalue weighted by Crippen LogP contribution is 2.34. The summed E-state index contributed by atoms with van der Waals surface area (Å²) < 4.78 is 0. The van der Waals surface area contributed by atoms with Crippen LogP contribution in [0.15, 0.2) is 36.5 Å². The molecule has 1 N–H and O–H groups in total. The first-order chi connectivity index (χ1) is 9.70. The Morgan fingerprint density at radius 2 is 2.00 bits per heavy atom. The number of pyridine rings is 1. The van der Waals surface area contributed by atoms with Gasteiger partial charge in [0.2, 0.25) is 0 Å². The average Bonchev–Trinajstić information content (AvgIpc) is 2.87. The lowest BCUT2D eigenvalue weighted by Gasteiger charge is -2.07. The van der Waals surface area contributed by atoms with Crippen molar-refractivity contribution in [1.29, 1.82) is 0 Å². The lowest BCUT2D eigenvalue weighted by atomic mass is 10.1. The van der Waals surface area contributed by atoms with Gasteiger partial charge in [0.25, 0.3) is 0 Å². The van der Waals surface area contributed by atoms with E-state index in [9.17, 15) is 0 Å². The third-order valence-corrected chi connectivity index (χ3v) is 4.91.